The number of ether oxygens (including phenoxy) is 4. The van der Waals surface area contributed by atoms with Gasteiger partial charge in [0.15, 0.2) is 12.2 Å². The molecule has 0 amide bonds. The van der Waals surface area contributed by atoms with Crippen molar-refractivity contribution >= 4 is 39.5 Å². The summed E-state index contributed by atoms with van der Waals surface area (Å²) in [5.41, 5.74) is 0. The topological polar surface area (TPSA) is 237 Å². The molecule has 0 spiro atoms. The number of phosphoric acid groups is 2. The Kier molecular flexibility index (Phi) is 66.8. The molecule has 5 atom stereocenters. The van der Waals surface area contributed by atoms with Crippen molar-refractivity contribution in [2.24, 2.45) is 5.92 Å². The number of aliphatic hydroxyl groups is 1. The summed E-state index contributed by atoms with van der Waals surface area (Å²) in [6, 6.07) is 0. The lowest BCUT2D eigenvalue weighted by Gasteiger charge is -2.21. The van der Waals surface area contributed by atoms with Gasteiger partial charge in [0.2, 0.25) is 0 Å². The summed E-state index contributed by atoms with van der Waals surface area (Å²) in [5.74, 6) is -1.41. The van der Waals surface area contributed by atoms with Gasteiger partial charge in [0.1, 0.15) is 19.3 Å². The van der Waals surface area contributed by atoms with Gasteiger partial charge in [-0.3, -0.25) is 37.3 Å². The first-order valence-corrected chi connectivity index (χ1v) is 42.1. The zero-order valence-corrected chi connectivity index (χ0v) is 62.9. The number of hydrogen-bond acceptors (Lipinski definition) is 15. The van der Waals surface area contributed by atoms with Crippen LogP contribution in [-0.4, -0.2) is 96.7 Å². The SMILES string of the molecule is CCCCCCCCCCCCCCCCCCCCCCCCC(=O)O[C@H](COC(=O)CCCCCCCCCCCCC)COP(=O)(O)OC[C@@H](O)COP(=O)(O)OC[C@@H](COC(=O)CCCCCCCCCC(C)C)OC(=O)CCCCCCCCCCCCC. The van der Waals surface area contributed by atoms with Crippen LogP contribution in [-0.2, 0) is 65.4 Å². The van der Waals surface area contributed by atoms with Crippen molar-refractivity contribution in [1.82, 2.24) is 0 Å². The van der Waals surface area contributed by atoms with Crippen molar-refractivity contribution in [2.45, 2.75) is 412 Å². The number of esters is 4. The average molecular weight is 1380 g/mol. The van der Waals surface area contributed by atoms with Crippen molar-refractivity contribution in [1.29, 1.82) is 0 Å². The van der Waals surface area contributed by atoms with E-state index in [-0.39, 0.29) is 25.7 Å². The summed E-state index contributed by atoms with van der Waals surface area (Å²) in [6.07, 6.45) is 57.1. The Morgan fingerprint density at radius 3 is 0.723 bits per heavy atom. The van der Waals surface area contributed by atoms with E-state index >= 15 is 0 Å². The monoisotopic (exact) mass is 1380 g/mol. The summed E-state index contributed by atoms with van der Waals surface area (Å²) in [6.45, 7) is 7.21. The highest BCUT2D eigenvalue weighted by molar-refractivity contribution is 7.47. The lowest BCUT2D eigenvalue weighted by Crippen LogP contribution is -2.30. The Labute approximate surface area is 575 Å². The fraction of sp³-hybridized carbons (Fsp3) is 0.947. The van der Waals surface area contributed by atoms with Crippen molar-refractivity contribution in [3.05, 3.63) is 0 Å². The number of carbonyl (C=O) groups is 4. The van der Waals surface area contributed by atoms with E-state index in [1.165, 1.54) is 212 Å². The Morgan fingerprint density at radius 1 is 0.287 bits per heavy atom. The highest BCUT2D eigenvalue weighted by atomic mass is 31.2. The van der Waals surface area contributed by atoms with Crippen molar-refractivity contribution < 1.29 is 80.2 Å². The molecule has 17 nitrogen and oxygen atoms in total. The Hall–Kier alpha value is -1.94. The van der Waals surface area contributed by atoms with Crippen LogP contribution in [0.1, 0.15) is 394 Å². The van der Waals surface area contributed by atoms with Crippen LogP contribution in [0.5, 0.6) is 0 Å². The van der Waals surface area contributed by atoms with Gasteiger partial charge >= 0.3 is 39.5 Å². The minimum Gasteiger partial charge on any atom is -0.462 e. The molecule has 0 aromatic heterocycles. The summed E-state index contributed by atoms with van der Waals surface area (Å²) >= 11 is 0. The summed E-state index contributed by atoms with van der Waals surface area (Å²) in [4.78, 5) is 72.6. The second-order valence-electron chi connectivity index (χ2n) is 27.5. The molecule has 0 saturated carbocycles. The predicted octanol–water partition coefficient (Wildman–Crippen LogP) is 22.1. The van der Waals surface area contributed by atoms with E-state index in [1.54, 1.807) is 0 Å². The highest BCUT2D eigenvalue weighted by Crippen LogP contribution is 2.45. The molecule has 0 aromatic rings. The normalized spacial score (nSPS) is 14.0. The van der Waals surface area contributed by atoms with Gasteiger partial charge in [0.05, 0.1) is 26.4 Å². The maximum atomic E-state index is 13.1. The number of carbonyl (C=O) groups excluding carboxylic acids is 4. The molecule has 94 heavy (non-hydrogen) atoms. The summed E-state index contributed by atoms with van der Waals surface area (Å²) in [7, 11) is -9.90. The minimum absolute atomic E-state index is 0.106. The number of unbranched alkanes of at least 4 members (excludes halogenated alkanes) is 47. The summed E-state index contributed by atoms with van der Waals surface area (Å²) in [5, 5.41) is 10.6. The van der Waals surface area contributed by atoms with E-state index < -0.39 is 97.5 Å². The molecular weight excluding hydrogens is 1230 g/mol. The largest absolute Gasteiger partial charge is 0.472 e. The molecule has 0 radical (unpaired) electrons. The first-order valence-electron chi connectivity index (χ1n) is 39.1. The second kappa shape index (κ2) is 68.2. The minimum atomic E-state index is -4.95. The van der Waals surface area contributed by atoms with E-state index in [9.17, 15) is 43.2 Å². The van der Waals surface area contributed by atoms with Gasteiger partial charge < -0.3 is 33.8 Å². The van der Waals surface area contributed by atoms with Crippen LogP contribution >= 0.6 is 15.6 Å². The number of aliphatic hydroxyl groups excluding tert-OH is 1. The third-order valence-electron chi connectivity index (χ3n) is 17.5. The maximum absolute atomic E-state index is 13.1. The third kappa shape index (κ3) is 68.6. The van der Waals surface area contributed by atoms with E-state index in [1.807, 2.05) is 0 Å². The molecule has 0 fully saturated rings. The van der Waals surface area contributed by atoms with Crippen LogP contribution in [0.3, 0.4) is 0 Å². The summed E-state index contributed by atoms with van der Waals surface area (Å²) < 4.78 is 68.4. The van der Waals surface area contributed by atoms with Gasteiger partial charge in [-0.25, -0.2) is 9.13 Å². The number of phosphoric ester groups is 2. The number of hydrogen-bond donors (Lipinski definition) is 3. The Bertz CT molecular complexity index is 1810. The van der Waals surface area contributed by atoms with Gasteiger partial charge in [0, 0.05) is 25.7 Å². The molecule has 0 rings (SSSR count). The van der Waals surface area contributed by atoms with Gasteiger partial charge in [0.25, 0.3) is 0 Å². The molecule has 0 heterocycles. The molecule has 0 aliphatic rings. The van der Waals surface area contributed by atoms with Gasteiger partial charge in [-0.15, -0.1) is 0 Å². The Balaban J connectivity index is 5.15. The van der Waals surface area contributed by atoms with Gasteiger partial charge in [-0.05, 0) is 31.6 Å². The van der Waals surface area contributed by atoms with Crippen molar-refractivity contribution in [3.8, 4) is 0 Å². The van der Waals surface area contributed by atoms with E-state index in [4.69, 9.17) is 37.0 Å². The molecule has 2 unspecified atom stereocenters. The molecular formula is C75H146O17P2. The smallest absolute Gasteiger partial charge is 0.462 e. The average Bonchev–Trinajstić information content (AvgIpc) is 1.62. The predicted molar refractivity (Wildman–Crippen MR) is 382 cm³/mol. The third-order valence-corrected chi connectivity index (χ3v) is 19.4. The molecule has 0 saturated heterocycles. The molecule has 558 valence electrons. The maximum Gasteiger partial charge on any atom is 0.472 e. The fourth-order valence-corrected chi connectivity index (χ4v) is 13.1. The molecule has 0 aromatic carbocycles. The molecule has 0 bridgehead atoms. The van der Waals surface area contributed by atoms with E-state index in [0.29, 0.717) is 31.6 Å². The van der Waals surface area contributed by atoms with Gasteiger partial charge in [-0.1, -0.05) is 343 Å². The van der Waals surface area contributed by atoms with Crippen molar-refractivity contribution in [2.75, 3.05) is 39.6 Å². The zero-order valence-electron chi connectivity index (χ0n) is 61.1. The van der Waals surface area contributed by atoms with Crippen LogP contribution in [0.2, 0.25) is 0 Å². The van der Waals surface area contributed by atoms with Crippen LogP contribution in [0.25, 0.3) is 0 Å². The lowest BCUT2D eigenvalue weighted by atomic mass is 10.0. The fourth-order valence-electron chi connectivity index (χ4n) is 11.5. The van der Waals surface area contributed by atoms with Crippen LogP contribution in [0.4, 0.5) is 0 Å². The van der Waals surface area contributed by atoms with Gasteiger partial charge in [-0.2, -0.15) is 0 Å². The van der Waals surface area contributed by atoms with Crippen LogP contribution in [0, 0.1) is 5.92 Å². The van der Waals surface area contributed by atoms with Crippen LogP contribution in [0.15, 0.2) is 0 Å². The highest BCUT2D eigenvalue weighted by Gasteiger charge is 2.30. The lowest BCUT2D eigenvalue weighted by molar-refractivity contribution is -0.161. The Morgan fingerprint density at radius 2 is 0.489 bits per heavy atom. The van der Waals surface area contributed by atoms with Crippen LogP contribution < -0.4 is 0 Å². The molecule has 19 heteroatoms. The molecule has 0 aliphatic carbocycles. The first kappa shape index (κ1) is 92.1. The van der Waals surface area contributed by atoms with E-state index in [0.717, 1.165) is 96.3 Å². The molecule has 0 aliphatic heterocycles. The second-order valence-corrected chi connectivity index (χ2v) is 30.4. The van der Waals surface area contributed by atoms with Crippen molar-refractivity contribution in [3.63, 3.8) is 0 Å². The standard InChI is InChI=1S/C75H146O17P2/c1-6-9-12-15-18-21-24-25-26-27-28-29-30-31-32-33-34-37-40-45-51-56-61-75(80)91-70(64-85-72(77)58-53-48-43-38-35-22-19-16-13-10-7-2)66-89-93(81,82)87-62-69(76)63-88-94(83,84)90-67-71(65-86-73(78)59-54-49-46-41-42-47-52-57-68(4)5)92-74(79)60-55-50-44-39-36-23-20-17-14-11-8-3/h68-71,76H,6-67H2,1-5H3,(H,81,82)(H,83,84)/t69-,70-,71-/m1/s1. The quantitative estimate of drug-likeness (QED) is 0.0222. The first-order chi connectivity index (χ1) is 45.5. The molecule has 3 N–H and O–H groups in total. The zero-order chi connectivity index (χ0) is 69.1. The number of rotatable bonds is 75. The van der Waals surface area contributed by atoms with E-state index in [2.05, 4.69) is 34.6 Å².